The van der Waals surface area contributed by atoms with Gasteiger partial charge in [-0.1, -0.05) is 39.8 Å². The summed E-state index contributed by atoms with van der Waals surface area (Å²) in [5.74, 6) is 0.535. The monoisotopic (exact) mass is 253 g/mol. The van der Waals surface area contributed by atoms with Gasteiger partial charge in [0.05, 0.1) is 4.90 Å². The first-order valence-corrected chi connectivity index (χ1v) is 7.44. The van der Waals surface area contributed by atoms with Gasteiger partial charge in [0, 0.05) is 13.1 Å². The second-order valence-electron chi connectivity index (χ2n) is 4.62. The van der Waals surface area contributed by atoms with Gasteiger partial charge in [0.2, 0.25) is 0 Å². The summed E-state index contributed by atoms with van der Waals surface area (Å²) in [5, 5.41) is 0. The molecule has 1 aromatic rings. The fourth-order valence-corrected chi connectivity index (χ4v) is 3.16. The molecule has 1 unspecified atom stereocenters. The SMILES string of the molecule is CCc1cccc(S(=O)N(CC)CC(C)C)c1. The Morgan fingerprint density at radius 1 is 1.29 bits per heavy atom. The zero-order valence-electron chi connectivity index (χ0n) is 11.3. The van der Waals surface area contributed by atoms with Gasteiger partial charge in [-0.2, -0.15) is 0 Å². The lowest BCUT2D eigenvalue weighted by atomic mass is 10.2. The molecule has 1 rings (SSSR count). The second kappa shape index (κ2) is 6.92. The number of hydrogen-bond donors (Lipinski definition) is 0. The van der Waals surface area contributed by atoms with E-state index >= 15 is 0 Å². The van der Waals surface area contributed by atoms with E-state index in [4.69, 9.17) is 0 Å². The largest absolute Gasteiger partial charge is 0.237 e. The van der Waals surface area contributed by atoms with Crippen molar-refractivity contribution in [3.05, 3.63) is 29.8 Å². The molecule has 0 bridgehead atoms. The fourth-order valence-electron chi connectivity index (χ4n) is 1.74. The first-order chi connectivity index (χ1) is 8.08. The predicted molar refractivity (Wildman–Crippen MR) is 74.3 cm³/mol. The van der Waals surface area contributed by atoms with Gasteiger partial charge in [0.25, 0.3) is 0 Å². The number of nitrogens with zero attached hydrogens (tertiary/aromatic N) is 1. The number of benzene rings is 1. The van der Waals surface area contributed by atoms with E-state index in [9.17, 15) is 4.21 Å². The molecule has 1 atom stereocenters. The molecule has 0 N–H and O–H groups in total. The summed E-state index contributed by atoms with van der Waals surface area (Å²) >= 11 is 0. The lowest BCUT2D eigenvalue weighted by Gasteiger charge is -2.21. The Hall–Kier alpha value is -0.670. The molecular weight excluding hydrogens is 230 g/mol. The standard InChI is InChI=1S/C14H23NOS/c1-5-13-8-7-9-14(10-13)17(16)15(6-2)11-12(3)4/h7-10,12H,5-6,11H2,1-4H3. The Balaban J connectivity index is 2.85. The predicted octanol–water partition coefficient (Wildman–Crippen LogP) is 3.25. The van der Waals surface area contributed by atoms with Crippen molar-refractivity contribution in [3.63, 3.8) is 0 Å². The first kappa shape index (κ1) is 14.4. The summed E-state index contributed by atoms with van der Waals surface area (Å²) in [6.07, 6.45) is 0.987. The van der Waals surface area contributed by atoms with Crippen LogP contribution in [0, 0.1) is 5.92 Å². The summed E-state index contributed by atoms with van der Waals surface area (Å²) in [6.45, 7) is 10.2. The van der Waals surface area contributed by atoms with E-state index in [2.05, 4.69) is 39.8 Å². The van der Waals surface area contributed by atoms with Crippen LogP contribution < -0.4 is 0 Å². The topological polar surface area (TPSA) is 20.3 Å². The van der Waals surface area contributed by atoms with E-state index in [1.165, 1.54) is 5.56 Å². The van der Waals surface area contributed by atoms with Gasteiger partial charge in [0.1, 0.15) is 11.0 Å². The molecule has 0 radical (unpaired) electrons. The molecule has 0 aliphatic carbocycles. The van der Waals surface area contributed by atoms with Gasteiger partial charge in [0.15, 0.2) is 0 Å². The van der Waals surface area contributed by atoms with E-state index in [0.29, 0.717) is 5.92 Å². The second-order valence-corrected chi connectivity index (χ2v) is 6.11. The highest BCUT2D eigenvalue weighted by Crippen LogP contribution is 2.14. The van der Waals surface area contributed by atoms with E-state index in [1.54, 1.807) is 0 Å². The fraction of sp³-hybridized carbons (Fsp3) is 0.571. The Bertz CT molecular complexity index is 376. The molecule has 0 aromatic heterocycles. The highest BCUT2D eigenvalue weighted by Gasteiger charge is 2.14. The molecule has 0 heterocycles. The van der Waals surface area contributed by atoms with Crippen molar-refractivity contribution in [2.75, 3.05) is 13.1 Å². The summed E-state index contributed by atoms with van der Waals surface area (Å²) in [6, 6.07) is 8.09. The molecule has 0 aliphatic rings. The third-order valence-electron chi connectivity index (χ3n) is 2.66. The van der Waals surface area contributed by atoms with Crippen molar-refractivity contribution in [1.29, 1.82) is 0 Å². The van der Waals surface area contributed by atoms with Crippen LogP contribution in [0.2, 0.25) is 0 Å². The lowest BCUT2D eigenvalue weighted by Crippen LogP contribution is -2.29. The summed E-state index contributed by atoms with van der Waals surface area (Å²) in [7, 11) is -1.02. The number of aryl methyl sites for hydroxylation is 1. The molecule has 1 aromatic carbocycles. The summed E-state index contributed by atoms with van der Waals surface area (Å²) < 4.78 is 14.4. The minimum atomic E-state index is -1.02. The van der Waals surface area contributed by atoms with E-state index < -0.39 is 11.0 Å². The highest BCUT2D eigenvalue weighted by atomic mass is 32.2. The van der Waals surface area contributed by atoms with Gasteiger partial charge >= 0.3 is 0 Å². The van der Waals surface area contributed by atoms with Crippen LogP contribution in [0.4, 0.5) is 0 Å². The molecular formula is C14H23NOS. The van der Waals surface area contributed by atoms with Crippen molar-refractivity contribution >= 4 is 11.0 Å². The maximum absolute atomic E-state index is 12.4. The maximum atomic E-state index is 12.4. The van der Waals surface area contributed by atoms with Crippen LogP contribution in [0.5, 0.6) is 0 Å². The Kier molecular flexibility index (Phi) is 5.86. The zero-order chi connectivity index (χ0) is 12.8. The van der Waals surface area contributed by atoms with E-state index in [-0.39, 0.29) is 0 Å². The first-order valence-electron chi connectivity index (χ1n) is 6.34. The van der Waals surface area contributed by atoms with Crippen LogP contribution in [-0.2, 0) is 17.4 Å². The highest BCUT2D eigenvalue weighted by molar-refractivity contribution is 7.82. The third-order valence-corrected chi connectivity index (χ3v) is 4.20. The molecule has 0 amide bonds. The average molecular weight is 253 g/mol. The van der Waals surface area contributed by atoms with Crippen LogP contribution in [0.3, 0.4) is 0 Å². The van der Waals surface area contributed by atoms with Crippen molar-refractivity contribution in [2.24, 2.45) is 5.92 Å². The number of rotatable bonds is 6. The van der Waals surface area contributed by atoms with Gasteiger partial charge in [-0.25, -0.2) is 8.51 Å². The minimum absolute atomic E-state index is 0.535. The molecule has 0 saturated carbocycles. The molecule has 0 spiro atoms. The molecule has 2 nitrogen and oxygen atoms in total. The van der Waals surface area contributed by atoms with Crippen LogP contribution in [0.1, 0.15) is 33.3 Å². The Labute approximate surface area is 108 Å². The van der Waals surface area contributed by atoms with Crippen molar-refractivity contribution in [1.82, 2.24) is 4.31 Å². The smallest absolute Gasteiger partial charge is 0.127 e. The Morgan fingerprint density at radius 3 is 2.53 bits per heavy atom. The Morgan fingerprint density at radius 2 is 2.00 bits per heavy atom. The molecule has 3 heteroatoms. The average Bonchev–Trinajstić information content (AvgIpc) is 2.35. The maximum Gasteiger partial charge on any atom is 0.127 e. The van der Waals surface area contributed by atoms with Gasteiger partial charge in [-0.3, -0.25) is 0 Å². The molecule has 0 fully saturated rings. The van der Waals surface area contributed by atoms with Crippen LogP contribution in [0.15, 0.2) is 29.2 Å². The van der Waals surface area contributed by atoms with Crippen molar-refractivity contribution in [2.45, 2.75) is 39.0 Å². The molecule has 0 aliphatic heterocycles. The van der Waals surface area contributed by atoms with E-state index in [0.717, 1.165) is 24.4 Å². The van der Waals surface area contributed by atoms with Crippen molar-refractivity contribution in [3.8, 4) is 0 Å². The normalized spacial score (nSPS) is 13.3. The van der Waals surface area contributed by atoms with Gasteiger partial charge in [-0.15, -0.1) is 0 Å². The summed E-state index contributed by atoms with van der Waals surface area (Å²) in [5.41, 5.74) is 1.25. The van der Waals surface area contributed by atoms with Gasteiger partial charge in [-0.05, 0) is 30.0 Å². The zero-order valence-corrected chi connectivity index (χ0v) is 12.1. The molecule has 0 saturated heterocycles. The van der Waals surface area contributed by atoms with Crippen LogP contribution in [0.25, 0.3) is 0 Å². The summed E-state index contributed by atoms with van der Waals surface area (Å²) in [4.78, 5) is 0.923. The minimum Gasteiger partial charge on any atom is -0.237 e. The van der Waals surface area contributed by atoms with E-state index in [1.807, 2.05) is 16.4 Å². The van der Waals surface area contributed by atoms with Crippen molar-refractivity contribution < 1.29 is 4.21 Å². The molecule has 96 valence electrons. The van der Waals surface area contributed by atoms with Crippen LogP contribution in [-0.4, -0.2) is 21.6 Å². The lowest BCUT2D eigenvalue weighted by molar-refractivity contribution is 0.405. The number of hydrogen-bond acceptors (Lipinski definition) is 1. The van der Waals surface area contributed by atoms with Crippen LogP contribution >= 0.6 is 0 Å². The quantitative estimate of drug-likeness (QED) is 0.762. The third kappa shape index (κ3) is 4.25. The van der Waals surface area contributed by atoms with Gasteiger partial charge < -0.3 is 0 Å². The molecule has 17 heavy (non-hydrogen) atoms.